The molecule has 0 radical (unpaired) electrons. The van der Waals surface area contributed by atoms with E-state index in [0.717, 1.165) is 31.7 Å². The smallest absolute Gasteiger partial charge is 0.269 e. The van der Waals surface area contributed by atoms with E-state index in [1.807, 2.05) is 19.1 Å². The minimum atomic E-state index is -0.107. The first-order valence-corrected chi connectivity index (χ1v) is 6.77. The van der Waals surface area contributed by atoms with Crippen LogP contribution in [0, 0.1) is 0 Å². The molecule has 0 saturated heterocycles. The van der Waals surface area contributed by atoms with Crippen molar-refractivity contribution < 1.29 is 4.79 Å². The number of pyridine rings is 1. The molecule has 0 aromatic carbocycles. The third-order valence-corrected chi connectivity index (χ3v) is 2.66. The quantitative estimate of drug-likeness (QED) is 0.700. The standard InChI is InChI=1S/C14H24N4O/c1-4-15-13-9-7-8-12(17-13)14(19)16-10-5-6-11-18(2)3/h7-9H,4-6,10-11H2,1-3H3,(H,15,17)(H,16,19). The molecule has 0 aliphatic rings. The maximum atomic E-state index is 11.9. The first-order chi connectivity index (χ1) is 9.13. The van der Waals surface area contributed by atoms with E-state index in [1.54, 1.807) is 6.07 Å². The molecule has 106 valence electrons. The maximum absolute atomic E-state index is 11.9. The van der Waals surface area contributed by atoms with Gasteiger partial charge in [-0.3, -0.25) is 4.79 Å². The van der Waals surface area contributed by atoms with Gasteiger partial charge >= 0.3 is 0 Å². The number of carbonyl (C=O) groups is 1. The van der Waals surface area contributed by atoms with Gasteiger partial charge in [-0.25, -0.2) is 4.98 Å². The molecule has 0 bridgehead atoms. The van der Waals surface area contributed by atoms with Crippen molar-refractivity contribution in [3.05, 3.63) is 23.9 Å². The molecule has 0 unspecified atom stereocenters. The molecule has 5 heteroatoms. The van der Waals surface area contributed by atoms with Gasteiger partial charge in [-0.1, -0.05) is 6.07 Å². The van der Waals surface area contributed by atoms with Gasteiger partial charge in [-0.15, -0.1) is 0 Å². The topological polar surface area (TPSA) is 57.3 Å². The summed E-state index contributed by atoms with van der Waals surface area (Å²) in [5, 5.41) is 5.99. The molecular weight excluding hydrogens is 240 g/mol. The van der Waals surface area contributed by atoms with Gasteiger partial charge in [0.05, 0.1) is 0 Å². The van der Waals surface area contributed by atoms with Crippen molar-refractivity contribution in [1.82, 2.24) is 15.2 Å². The van der Waals surface area contributed by atoms with Crippen LogP contribution >= 0.6 is 0 Å². The summed E-state index contributed by atoms with van der Waals surface area (Å²) in [4.78, 5) is 18.3. The fourth-order valence-corrected chi connectivity index (χ4v) is 1.69. The van der Waals surface area contributed by atoms with Gasteiger partial charge in [-0.05, 0) is 52.5 Å². The summed E-state index contributed by atoms with van der Waals surface area (Å²) in [7, 11) is 4.10. The van der Waals surface area contributed by atoms with Crippen LogP contribution < -0.4 is 10.6 Å². The van der Waals surface area contributed by atoms with E-state index in [9.17, 15) is 4.79 Å². The highest BCUT2D eigenvalue weighted by molar-refractivity contribution is 5.92. The van der Waals surface area contributed by atoms with Gasteiger partial charge in [-0.2, -0.15) is 0 Å². The molecule has 1 aromatic rings. The Morgan fingerprint density at radius 3 is 2.79 bits per heavy atom. The summed E-state index contributed by atoms with van der Waals surface area (Å²) in [6.07, 6.45) is 2.06. The van der Waals surface area contributed by atoms with Crippen molar-refractivity contribution in [3.63, 3.8) is 0 Å². The second-order valence-corrected chi connectivity index (χ2v) is 4.70. The Kier molecular flexibility index (Phi) is 6.89. The summed E-state index contributed by atoms with van der Waals surface area (Å²) in [5.41, 5.74) is 0.464. The van der Waals surface area contributed by atoms with Gasteiger partial charge in [0.15, 0.2) is 0 Å². The zero-order valence-electron chi connectivity index (χ0n) is 12.1. The summed E-state index contributed by atoms with van der Waals surface area (Å²) in [6.45, 7) is 4.53. The van der Waals surface area contributed by atoms with Crippen LogP contribution in [0.5, 0.6) is 0 Å². The van der Waals surface area contributed by atoms with E-state index >= 15 is 0 Å². The highest BCUT2D eigenvalue weighted by Crippen LogP contribution is 2.04. The summed E-state index contributed by atoms with van der Waals surface area (Å²) >= 11 is 0. The molecule has 0 aliphatic carbocycles. The van der Waals surface area contributed by atoms with Crippen molar-refractivity contribution >= 4 is 11.7 Å². The van der Waals surface area contributed by atoms with E-state index in [1.165, 1.54) is 0 Å². The third-order valence-electron chi connectivity index (χ3n) is 2.66. The number of nitrogens with one attached hydrogen (secondary N) is 2. The maximum Gasteiger partial charge on any atom is 0.269 e. The normalized spacial score (nSPS) is 10.5. The highest BCUT2D eigenvalue weighted by atomic mass is 16.1. The predicted octanol–water partition coefficient (Wildman–Crippen LogP) is 1.58. The molecule has 1 aromatic heterocycles. The lowest BCUT2D eigenvalue weighted by molar-refractivity contribution is 0.0948. The molecule has 0 spiro atoms. The number of carbonyl (C=O) groups excluding carboxylic acids is 1. The van der Waals surface area contributed by atoms with E-state index in [2.05, 4.69) is 34.6 Å². The van der Waals surface area contributed by atoms with Gasteiger partial charge < -0.3 is 15.5 Å². The number of unbranched alkanes of at least 4 members (excludes halogenated alkanes) is 1. The Morgan fingerprint density at radius 2 is 2.11 bits per heavy atom. The lowest BCUT2D eigenvalue weighted by Gasteiger charge is -2.09. The first kappa shape index (κ1) is 15.4. The fourth-order valence-electron chi connectivity index (χ4n) is 1.69. The summed E-state index contributed by atoms with van der Waals surface area (Å²) in [6, 6.07) is 5.43. The van der Waals surface area contributed by atoms with Crippen LogP contribution in [0.2, 0.25) is 0 Å². The molecule has 2 N–H and O–H groups in total. The third kappa shape index (κ3) is 6.20. The molecule has 0 atom stereocenters. The average Bonchev–Trinajstić information content (AvgIpc) is 2.38. The van der Waals surface area contributed by atoms with Crippen LogP contribution in [0.1, 0.15) is 30.3 Å². The SMILES string of the molecule is CCNc1cccc(C(=O)NCCCCN(C)C)n1. The second-order valence-electron chi connectivity index (χ2n) is 4.70. The summed E-state index contributed by atoms with van der Waals surface area (Å²) in [5.74, 6) is 0.632. The molecule has 5 nitrogen and oxygen atoms in total. The van der Waals surface area contributed by atoms with Crippen molar-refractivity contribution in [3.8, 4) is 0 Å². The van der Waals surface area contributed by atoms with Crippen LogP contribution in [0.25, 0.3) is 0 Å². The lowest BCUT2D eigenvalue weighted by Crippen LogP contribution is -2.26. The Morgan fingerprint density at radius 1 is 1.32 bits per heavy atom. The molecule has 1 heterocycles. The van der Waals surface area contributed by atoms with Gasteiger partial charge in [0.25, 0.3) is 5.91 Å². The highest BCUT2D eigenvalue weighted by Gasteiger charge is 2.06. The Hall–Kier alpha value is -1.62. The summed E-state index contributed by atoms with van der Waals surface area (Å²) < 4.78 is 0. The average molecular weight is 264 g/mol. The fraction of sp³-hybridized carbons (Fsp3) is 0.571. The molecule has 0 aliphatic heterocycles. The van der Waals surface area contributed by atoms with Gasteiger partial charge in [0.1, 0.15) is 11.5 Å². The largest absolute Gasteiger partial charge is 0.370 e. The van der Waals surface area contributed by atoms with E-state index in [0.29, 0.717) is 12.2 Å². The minimum absolute atomic E-state index is 0.107. The number of anilines is 1. The van der Waals surface area contributed by atoms with E-state index in [-0.39, 0.29) is 5.91 Å². The van der Waals surface area contributed by atoms with Gasteiger partial charge in [0.2, 0.25) is 0 Å². The number of hydrogen-bond donors (Lipinski definition) is 2. The zero-order chi connectivity index (χ0) is 14.1. The van der Waals surface area contributed by atoms with Crippen LogP contribution in [0.4, 0.5) is 5.82 Å². The van der Waals surface area contributed by atoms with Crippen LogP contribution in [0.15, 0.2) is 18.2 Å². The number of nitrogens with zero attached hydrogens (tertiary/aromatic N) is 2. The molecule has 19 heavy (non-hydrogen) atoms. The van der Waals surface area contributed by atoms with Crippen molar-refractivity contribution in [1.29, 1.82) is 0 Å². The molecule has 0 fully saturated rings. The Labute approximate surface area is 115 Å². The number of hydrogen-bond acceptors (Lipinski definition) is 4. The number of aromatic nitrogens is 1. The number of amides is 1. The minimum Gasteiger partial charge on any atom is -0.370 e. The van der Waals surface area contributed by atoms with E-state index < -0.39 is 0 Å². The van der Waals surface area contributed by atoms with E-state index in [4.69, 9.17) is 0 Å². The Bertz CT molecular complexity index is 393. The molecule has 1 amide bonds. The van der Waals surface area contributed by atoms with Crippen molar-refractivity contribution in [2.45, 2.75) is 19.8 Å². The van der Waals surface area contributed by atoms with Gasteiger partial charge in [0, 0.05) is 13.1 Å². The molecule has 0 saturated carbocycles. The lowest BCUT2D eigenvalue weighted by atomic mass is 10.3. The van der Waals surface area contributed by atoms with Crippen LogP contribution in [-0.4, -0.2) is 49.5 Å². The monoisotopic (exact) mass is 264 g/mol. The molecular formula is C14H24N4O. The first-order valence-electron chi connectivity index (χ1n) is 6.77. The van der Waals surface area contributed by atoms with Crippen molar-refractivity contribution in [2.75, 3.05) is 39.0 Å². The predicted molar refractivity (Wildman–Crippen MR) is 78.5 cm³/mol. The second kappa shape index (κ2) is 8.48. The van der Waals surface area contributed by atoms with Crippen LogP contribution in [0.3, 0.4) is 0 Å². The molecule has 1 rings (SSSR count). The van der Waals surface area contributed by atoms with Crippen LogP contribution in [-0.2, 0) is 0 Å². The Balaban J connectivity index is 2.34. The van der Waals surface area contributed by atoms with Crippen molar-refractivity contribution in [2.24, 2.45) is 0 Å². The zero-order valence-corrected chi connectivity index (χ0v) is 12.1. The number of rotatable bonds is 8.